The normalized spacial score (nSPS) is 18.0. The molecule has 1 aliphatic carbocycles. The molecule has 1 atom stereocenters. The van der Waals surface area contributed by atoms with Gasteiger partial charge in [-0.25, -0.2) is 0 Å². The Morgan fingerprint density at radius 1 is 1.26 bits per heavy atom. The number of benzene rings is 2. The first-order valence-corrected chi connectivity index (χ1v) is 12.0. The second kappa shape index (κ2) is 9.99. The molecule has 7 nitrogen and oxygen atoms in total. The Hall–Kier alpha value is -3.16. The highest BCUT2D eigenvalue weighted by atomic mass is 16.5. The monoisotopic (exact) mass is 460 g/mol. The zero-order valence-corrected chi connectivity index (χ0v) is 19.8. The maximum absolute atomic E-state index is 13.3. The Bertz CT molecular complexity index is 1200. The number of allylic oxidation sites excluding steroid dienone is 1. The summed E-state index contributed by atoms with van der Waals surface area (Å²) in [5.74, 6) is 0.906. The van der Waals surface area contributed by atoms with E-state index in [9.17, 15) is 4.79 Å². The molecule has 1 aromatic heterocycles. The molecule has 1 N–H and O–H groups in total. The van der Waals surface area contributed by atoms with Gasteiger partial charge in [-0.3, -0.25) is 9.48 Å². The van der Waals surface area contributed by atoms with Crippen molar-refractivity contribution < 1.29 is 14.3 Å². The molecule has 0 spiro atoms. The van der Waals surface area contributed by atoms with Crippen LogP contribution in [0.15, 0.2) is 49.1 Å². The van der Waals surface area contributed by atoms with Crippen molar-refractivity contribution in [1.82, 2.24) is 20.0 Å². The number of morpholine rings is 1. The Morgan fingerprint density at radius 2 is 2.09 bits per heavy atom. The second-order valence-corrected chi connectivity index (χ2v) is 8.94. The zero-order chi connectivity index (χ0) is 23.5. The number of methoxy groups -OCH3 is 1. The van der Waals surface area contributed by atoms with Crippen LogP contribution in [0.4, 0.5) is 0 Å². The lowest BCUT2D eigenvalue weighted by atomic mass is 9.90. The van der Waals surface area contributed by atoms with Gasteiger partial charge in [-0.2, -0.15) is 5.10 Å². The number of carbonyl (C=O) groups excluding carboxylic acids is 1. The van der Waals surface area contributed by atoms with Crippen LogP contribution in [0.2, 0.25) is 0 Å². The van der Waals surface area contributed by atoms with Crippen LogP contribution in [0.5, 0.6) is 5.75 Å². The van der Waals surface area contributed by atoms with Gasteiger partial charge in [-0.05, 0) is 36.1 Å². The number of amides is 1. The summed E-state index contributed by atoms with van der Waals surface area (Å²) < 4.78 is 13.1. The fraction of sp³-hybridized carbons (Fsp3) is 0.407. The number of aromatic nitrogens is 2. The summed E-state index contributed by atoms with van der Waals surface area (Å²) in [5, 5.41) is 10.9. The van der Waals surface area contributed by atoms with Crippen LogP contribution in [-0.4, -0.2) is 60.0 Å². The van der Waals surface area contributed by atoms with Crippen molar-refractivity contribution in [1.29, 1.82) is 0 Å². The molecule has 2 aromatic carbocycles. The molecular weight excluding hydrogens is 428 g/mol. The van der Waals surface area contributed by atoms with Crippen LogP contribution in [0.25, 0.3) is 10.8 Å². The summed E-state index contributed by atoms with van der Waals surface area (Å²) in [7, 11) is 1.72. The van der Waals surface area contributed by atoms with Gasteiger partial charge in [0.15, 0.2) is 5.69 Å². The van der Waals surface area contributed by atoms with Crippen molar-refractivity contribution in [3.63, 3.8) is 0 Å². The molecular formula is C27H32N4O3. The lowest BCUT2D eigenvalue weighted by Gasteiger charge is -2.28. The van der Waals surface area contributed by atoms with Crippen LogP contribution in [0.1, 0.15) is 33.7 Å². The summed E-state index contributed by atoms with van der Waals surface area (Å²) in [6.45, 7) is 7.59. The SMILES string of the molecule is C=CCn1nc(C(=O)N2CCOCC2)c2c1CC[C@H](NCc1c(OC)ccc3ccccc13)C2. The minimum Gasteiger partial charge on any atom is -0.496 e. The number of nitrogens with one attached hydrogen (secondary N) is 1. The summed E-state index contributed by atoms with van der Waals surface area (Å²) in [5.41, 5.74) is 4.00. The smallest absolute Gasteiger partial charge is 0.274 e. The number of carbonyl (C=O) groups is 1. The zero-order valence-electron chi connectivity index (χ0n) is 19.8. The van der Waals surface area contributed by atoms with Gasteiger partial charge in [0.1, 0.15) is 5.75 Å². The van der Waals surface area contributed by atoms with Gasteiger partial charge in [0.2, 0.25) is 0 Å². The van der Waals surface area contributed by atoms with E-state index in [0.29, 0.717) is 45.1 Å². The highest BCUT2D eigenvalue weighted by molar-refractivity contribution is 5.94. The van der Waals surface area contributed by atoms with Crippen molar-refractivity contribution in [2.24, 2.45) is 0 Å². The average Bonchev–Trinajstić information content (AvgIpc) is 3.25. The average molecular weight is 461 g/mol. The second-order valence-electron chi connectivity index (χ2n) is 8.94. The van der Waals surface area contributed by atoms with Crippen LogP contribution >= 0.6 is 0 Å². The standard InChI is InChI=1S/C27H32N4O3/c1-3-12-31-24-10-9-20(17-22(24)26(29-31)27(32)30-13-15-34-16-14-30)28-18-23-21-7-5-4-6-19(21)8-11-25(23)33-2/h3-8,11,20,28H,1,9-10,12-18H2,2H3/t20-/m0/s1. The molecule has 0 radical (unpaired) electrons. The Kier molecular flexibility index (Phi) is 6.65. The number of nitrogens with zero attached hydrogens (tertiary/aromatic N) is 3. The molecule has 0 bridgehead atoms. The fourth-order valence-electron chi connectivity index (χ4n) is 5.16. The maximum atomic E-state index is 13.3. The Balaban J connectivity index is 1.38. The minimum atomic E-state index is 0.0127. The van der Waals surface area contributed by atoms with E-state index in [2.05, 4.69) is 42.2 Å². The fourth-order valence-corrected chi connectivity index (χ4v) is 5.16. The molecule has 7 heteroatoms. The lowest BCUT2D eigenvalue weighted by molar-refractivity contribution is 0.0297. The lowest BCUT2D eigenvalue weighted by Crippen LogP contribution is -2.41. The summed E-state index contributed by atoms with van der Waals surface area (Å²) in [6.07, 6.45) is 4.50. The number of fused-ring (bicyclic) bond motifs is 2. The maximum Gasteiger partial charge on any atom is 0.274 e. The van der Waals surface area contributed by atoms with Crippen molar-refractivity contribution in [2.45, 2.75) is 38.4 Å². The molecule has 2 aliphatic rings. The van der Waals surface area contributed by atoms with Crippen molar-refractivity contribution >= 4 is 16.7 Å². The van der Waals surface area contributed by atoms with Crippen molar-refractivity contribution in [2.75, 3.05) is 33.4 Å². The number of ether oxygens (including phenoxy) is 2. The van der Waals surface area contributed by atoms with Gasteiger partial charge < -0.3 is 19.7 Å². The van der Waals surface area contributed by atoms with E-state index in [0.717, 1.165) is 36.3 Å². The van der Waals surface area contributed by atoms with E-state index < -0.39 is 0 Å². The van der Waals surface area contributed by atoms with Crippen LogP contribution in [0.3, 0.4) is 0 Å². The molecule has 1 amide bonds. The van der Waals surface area contributed by atoms with Crippen LogP contribution < -0.4 is 10.1 Å². The molecule has 1 aliphatic heterocycles. The van der Waals surface area contributed by atoms with Crippen LogP contribution in [0, 0.1) is 0 Å². The van der Waals surface area contributed by atoms with E-state index in [4.69, 9.17) is 14.6 Å². The van der Waals surface area contributed by atoms with Gasteiger partial charge in [-0.15, -0.1) is 6.58 Å². The van der Waals surface area contributed by atoms with E-state index >= 15 is 0 Å². The third-order valence-corrected chi connectivity index (χ3v) is 6.93. The highest BCUT2D eigenvalue weighted by Gasteiger charge is 2.31. The molecule has 5 rings (SSSR count). The Morgan fingerprint density at radius 3 is 2.88 bits per heavy atom. The molecule has 34 heavy (non-hydrogen) atoms. The van der Waals surface area contributed by atoms with Gasteiger partial charge >= 0.3 is 0 Å². The predicted molar refractivity (Wildman–Crippen MR) is 132 cm³/mol. The topological polar surface area (TPSA) is 68.6 Å². The first-order valence-electron chi connectivity index (χ1n) is 12.0. The molecule has 2 heterocycles. The first-order chi connectivity index (χ1) is 16.7. The summed E-state index contributed by atoms with van der Waals surface area (Å²) >= 11 is 0. The van der Waals surface area contributed by atoms with Gasteiger partial charge in [0.05, 0.1) is 26.9 Å². The predicted octanol–water partition coefficient (Wildman–Crippen LogP) is 3.35. The van der Waals surface area contributed by atoms with Gasteiger partial charge in [0.25, 0.3) is 5.91 Å². The molecule has 0 saturated carbocycles. The largest absolute Gasteiger partial charge is 0.496 e. The highest BCUT2D eigenvalue weighted by Crippen LogP contribution is 2.30. The number of hydrogen-bond donors (Lipinski definition) is 1. The quantitative estimate of drug-likeness (QED) is 0.548. The Labute approximate surface area is 200 Å². The third kappa shape index (κ3) is 4.33. The van der Waals surface area contributed by atoms with Gasteiger partial charge in [-0.1, -0.05) is 36.4 Å². The van der Waals surface area contributed by atoms with E-state index in [1.165, 1.54) is 16.3 Å². The molecule has 1 fully saturated rings. The van der Waals surface area contributed by atoms with Crippen molar-refractivity contribution in [3.8, 4) is 5.75 Å². The van der Waals surface area contributed by atoms with Crippen LogP contribution in [-0.2, 0) is 30.7 Å². The number of rotatable bonds is 7. The van der Waals surface area contributed by atoms with E-state index in [1.807, 2.05) is 21.7 Å². The molecule has 3 aromatic rings. The third-order valence-electron chi connectivity index (χ3n) is 6.93. The van der Waals surface area contributed by atoms with E-state index in [-0.39, 0.29) is 11.9 Å². The first kappa shape index (κ1) is 22.6. The molecule has 1 saturated heterocycles. The van der Waals surface area contributed by atoms with E-state index in [1.54, 1.807) is 7.11 Å². The minimum absolute atomic E-state index is 0.0127. The molecule has 0 unspecified atom stereocenters. The van der Waals surface area contributed by atoms with Crippen molar-refractivity contribution in [3.05, 3.63) is 71.6 Å². The van der Waals surface area contributed by atoms with Gasteiger partial charge in [0, 0.05) is 42.5 Å². The summed E-state index contributed by atoms with van der Waals surface area (Å²) in [6, 6.07) is 12.8. The molecule has 178 valence electrons. The summed E-state index contributed by atoms with van der Waals surface area (Å²) in [4.78, 5) is 15.2. The number of hydrogen-bond acceptors (Lipinski definition) is 5.